The van der Waals surface area contributed by atoms with Gasteiger partial charge in [-0.05, 0) is 30.0 Å². The average Bonchev–Trinajstić information content (AvgIpc) is 2.33. The number of hydrogen-bond donors (Lipinski definition) is 1. The van der Waals surface area contributed by atoms with Gasteiger partial charge in [0.1, 0.15) is 0 Å². The normalized spacial score (nSPS) is 13.8. The summed E-state index contributed by atoms with van der Waals surface area (Å²) in [6, 6.07) is 9.57. The van der Waals surface area contributed by atoms with Crippen LogP contribution in [-0.2, 0) is 6.42 Å². The summed E-state index contributed by atoms with van der Waals surface area (Å²) in [6.45, 7) is 14.6. The largest absolute Gasteiger partial charge is 0.310 e. The van der Waals surface area contributed by atoms with Crippen molar-refractivity contribution < 1.29 is 0 Å². The lowest BCUT2D eigenvalue weighted by molar-refractivity contribution is 0.599. The third-order valence-electron chi connectivity index (χ3n) is 3.13. The second kappa shape index (κ2) is 8.09. The highest BCUT2D eigenvalue weighted by Gasteiger charge is 2.16. The minimum atomic E-state index is 0.323. The molecule has 1 aromatic rings. The summed E-state index contributed by atoms with van der Waals surface area (Å²) >= 11 is 2.03. The molecular formula is C18H31NS. The second-order valence-corrected chi connectivity index (χ2v) is 8.72. The van der Waals surface area contributed by atoms with Gasteiger partial charge in [0.25, 0.3) is 0 Å². The van der Waals surface area contributed by atoms with Crippen LogP contribution in [0.1, 0.15) is 58.7 Å². The summed E-state index contributed by atoms with van der Waals surface area (Å²) in [5.74, 6) is 1.84. The van der Waals surface area contributed by atoms with Crippen molar-refractivity contribution in [2.24, 2.45) is 5.92 Å². The fraction of sp³-hybridized carbons (Fsp3) is 0.667. The van der Waals surface area contributed by atoms with Crippen molar-refractivity contribution in [1.82, 2.24) is 5.32 Å². The molecule has 1 unspecified atom stereocenters. The Morgan fingerprint density at radius 2 is 1.90 bits per heavy atom. The van der Waals surface area contributed by atoms with Crippen molar-refractivity contribution in [3.8, 4) is 0 Å². The van der Waals surface area contributed by atoms with Crippen molar-refractivity contribution in [2.45, 2.75) is 58.8 Å². The van der Waals surface area contributed by atoms with E-state index in [-0.39, 0.29) is 0 Å². The molecule has 1 nitrogen and oxygen atoms in total. The quantitative estimate of drug-likeness (QED) is 0.753. The fourth-order valence-corrected chi connectivity index (χ4v) is 3.24. The highest BCUT2D eigenvalue weighted by molar-refractivity contribution is 8.00. The van der Waals surface area contributed by atoms with E-state index in [0.717, 1.165) is 12.3 Å². The molecule has 0 amide bonds. The van der Waals surface area contributed by atoms with E-state index in [2.05, 4.69) is 71.1 Å². The molecule has 0 aliphatic carbocycles. The van der Waals surface area contributed by atoms with Crippen LogP contribution in [0.2, 0.25) is 0 Å². The van der Waals surface area contributed by atoms with Gasteiger partial charge in [-0.25, -0.2) is 0 Å². The maximum absolute atomic E-state index is 3.63. The lowest BCUT2D eigenvalue weighted by Crippen LogP contribution is -2.25. The van der Waals surface area contributed by atoms with E-state index in [1.807, 2.05) is 11.8 Å². The summed E-state index contributed by atoms with van der Waals surface area (Å²) in [5.41, 5.74) is 2.89. The zero-order chi connectivity index (χ0) is 15.2. The van der Waals surface area contributed by atoms with E-state index >= 15 is 0 Å². The Balaban J connectivity index is 2.80. The molecule has 1 N–H and O–H groups in total. The first-order valence-electron chi connectivity index (χ1n) is 7.78. The lowest BCUT2D eigenvalue weighted by Gasteiger charge is -2.24. The molecule has 0 heterocycles. The van der Waals surface area contributed by atoms with Crippen LogP contribution in [0.3, 0.4) is 0 Å². The van der Waals surface area contributed by atoms with Crippen molar-refractivity contribution in [3.63, 3.8) is 0 Å². The molecule has 0 saturated carbocycles. The van der Waals surface area contributed by atoms with Crippen LogP contribution in [0.25, 0.3) is 0 Å². The molecule has 1 rings (SSSR count). The molecule has 0 spiro atoms. The summed E-state index contributed by atoms with van der Waals surface area (Å²) < 4.78 is 0.323. The molecule has 0 saturated heterocycles. The topological polar surface area (TPSA) is 12.0 Å². The molecule has 114 valence electrons. The Labute approximate surface area is 129 Å². The molecule has 0 bridgehead atoms. The van der Waals surface area contributed by atoms with E-state index in [9.17, 15) is 0 Å². The van der Waals surface area contributed by atoms with Gasteiger partial charge in [0.15, 0.2) is 0 Å². The zero-order valence-corrected chi connectivity index (χ0v) is 14.8. The third kappa shape index (κ3) is 6.81. The van der Waals surface area contributed by atoms with Gasteiger partial charge in [-0.3, -0.25) is 0 Å². The number of nitrogens with one attached hydrogen (secondary N) is 1. The molecule has 0 radical (unpaired) electrons. The van der Waals surface area contributed by atoms with Gasteiger partial charge in [0.2, 0.25) is 0 Å². The third-order valence-corrected chi connectivity index (χ3v) is 4.50. The van der Waals surface area contributed by atoms with Crippen LogP contribution >= 0.6 is 11.8 Å². The molecule has 0 aromatic heterocycles. The fourth-order valence-electron chi connectivity index (χ4n) is 2.26. The predicted molar refractivity (Wildman–Crippen MR) is 93.6 cm³/mol. The minimum absolute atomic E-state index is 0.323. The van der Waals surface area contributed by atoms with E-state index in [4.69, 9.17) is 0 Å². The smallest absolute Gasteiger partial charge is 0.0412 e. The highest BCUT2D eigenvalue weighted by atomic mass is 32.2. The first-order valence-corrected chi connectivity index (χ1v) is 8.76. The van der Waals surface area contributed by atoms with Crippen molar-refractivity contribution in [3.05, 3.63) is 35.4 Å². The second-order valence-electron chi connectivity index (χ2n) is 6.88. The first kappa shape index (κ1) is 17.6. The van der Waals surface area contributed by atoms with Crippen LogP contribution < -0.4 is 5.32 Å². The van der Waals surface area contributed by atoms with E-state index in [0.29, 0.717) is 16.7 Å². The van der Waals surface area contributed by atoms with Crippen LogP contribution in [0.15, 0.2) is 24.3 Å². The number of thioether (sulfide) groups is 1. The Kier molecular flexibility index (Phi) is 7.11. The van der Waals surface area contributed by atoms with Gasteiger partial charge in [-0.2, -0.15) is 11.8 Å². The number of hydrogen-bond acceptors (Lipinski definition) is 2. The predicted octanol–water partition coefficient (Wildman–Crippen LogP) is 5.07. The van der Waals surface area contributed by atoms with Crippen LogP contribution in [0, 0.1) is 5.92 Å². The maximum atomic E-state index is 3.63. The Bertz CT molecular complexity index is 393. The van der Waals surface area contributed by atoms with Crippen LogP contribution in [0.4, 0.5) is 0 Å². The van der Waals surface area contributed by atoms with Crippen molar-refractivity contribution >= 4 is 11.8 Å². The number of benzene rings is 1. The monoisotopic (exact) mass is 293 g/mol. The van der Waals surface area contributed by atoms with Gasteiger partial charge >= 0.3 is 0 Å². The summed E-state index contributed by atoms with van der Waals surface area (Å²) in [7, 11) is 0. The molecular weight excluding hydrogens is 262 g/mol. The zero-order valence-electron chi connectivity index (χ0n) is 14.0. The summed E-state index contributed by atoms with van der Waals surface area (Å²) in [6.07, 6.45) is 1.17. The van der Waals surface area contributed by atoms with Gasteiger partial charge in [-0.1, -0.05) is 65.8 Å². The average molecular weight is 294 g/mol. The summed E-state index contributed by atoms with van der Waals surface area (Å²) in [4.78, 5) is 0. The van der Waals surface area contributed by atoms with E-state index in [1.54, 1.807) is 0 Å². The van der Waals surface area contributed by atoms with E-state index < -0.39 is 0 Å². The minimum Gasteiger partial charge on any atom is -0.310 e. The Morgan fingerprint density at radius 1 is 1.20 bits per heavy atom. The first-order chi connectivity index (χ1) is 9.31. The Hall–Kier alpha value is -0.470. The number of rotatable bonds is 7. The molecule has 1 aromatic carbocycles. The Morgan fingerprint density at radius 3 is 2.45 bits per heavy atom. The molecule has 2 heteroatoms. The van der Waals surface area contributed by atoms with Gasteiger partial charge in [0, 0.05) is 16.5 Å². The SMILES string of the molecule is CCNC(CSC(C)(C)C)c1cccc(CC(C)C)c1. The molecule has 0 aliphatic rings. The highest BCUT2D eigenvalue weighted by Crippen LogP contribution is 2.29. The van der Waals surface area contributed by atoms with E-state index in [1.165, 1.54) is 17.5 Å². The summed E-state index contributed by atoms with van der Waals surface area (Å²) in [5, 5.41) is 3.63. The molecule has 20 heavy (non-hydrogen) atoms. The van der Waals surface area contributed by atoms with Crippen LogP contribution in [0.5, 0.6) is 0 Å². The van der Waals surface area contributed by atoms with Gasteiger partial charge in [-0.15, -0.1) is 0 Å². The van der Waals surface area contributed by atoms with Crippen LogP contribution in [-0.4, -0.2) is 17.0 Å². The molecule has 0 aliphatic heterocycles. The van der Waals surface area contributed by atoms with Gasteiger partial charge in [0.05, 0.1) is 0 Å². The van der Waals surface area contributed by atoms with Crippen molar-refractivity contribution in [1.29, 1.82) is 0 Å². The van der Waals surface area contributed by atoms with Crippen molar-refractivity contribution in [2.75, 3.05) is 12.3 Å². The maximum Gasteiger partial charge on any atom is 0.0412 e. The molecule has 1 atom stereocenters. The standard InChI is InChI=1S/C18H31NS/c1-7-19-17(13-20-18(4,5)6)16-10-8-9-15(12-16)11-14(2)3/h8-10,12,14,17,19H,7,11,13H2,1-6H3. The van der Waals surface area contributed by atoms with Gasteiger partial charge < -0.3 is 5.32 Å². The molecule has 0 fully saturated rings. The lowest BCUT2D eigenvalue weighted by atomic mass is 9.99.